The Bertz CT molecular complexity index is 1880. The lowest BCUT2D eigenvalue weighted by molar-refractivity contribution is -0.113. The molecular formula is C32H26Cl2N2O5S2. The molecule has 43 heavy (non-hydrogen) atoms. The van der Waals surface area contributed by atoms with Gasteiger partial charge >= 0.3 is 10.1 Å². The molecule has 0 bridgehead atoms. The van der Waals surface area contributed by atoms with Crippen LogP contribution in [0.2, 0.25) is 10.0 Å². The molecule has 1 saturated heterocycles. The second kappa shape index (κ2) is 12.9. The molecule has 1 heterocycles. The van der Waals surface area contributed by atoms with Crippen molar-refractivity contribution in [3.05, 3.63) is 117 Å². The zero-order valence-corrected chi connectivity index (χ0v) is 26.5. The predicted molar refractivity (Wildman–Crippen MR) is 174 cm³/mol. The number of amides is 1. The Labute approximate surface area is 264 Å². The zero-order chi connectivity index (χ0) is 30.7. The molecule has 5 rings (SSSR count). The standard InChI is InChI=1S/C32H26Cl2N2O5S2/c1-4-40-29-16-22(12-15-28(29)41-43(38,39)25-8-6-5-7-9-25)17-30-31(37)36(24-14-11-21(3)27(34)19-24)32(42-30)35-23-13-10-20(2)26(33)18-23/h5-19H,4H2,1-3H3/b30-17+,35-32?. The van der Waals surface area contributed by atoms with Gasteiger partial charge in [0.15, 0.2) is 16.7 Å². The van der Waals surface area contributed by atoms with E-state index in [2.05, 4.69) is 0 Å². The zero-order valence-electron chi connectivity index (χ0n) is 23.4. The third-order valence-electron chi connectivity index (χ3n) is 6.40. The van der Waals surface area contributed by atoms with Crippen LogP contribution in [0, 0.1) is 13.8 Å². The Morgan fingerprint density at radius 2 is 1.58 bits per heavy atom. The number of ether oxygens (including phenoxy) is 1. The fourth-order valence-electron chi connectivity index (χ4n) is 4.12. The van der Waals surface area contributed by atoms with Gasteiger partial charge in [-0.05, 0) is 104 Å². The number of benzene rings is 4. The second-order valence-corrected chi connectivity index (χ2v) is 12.9. The summed E-state index contributed by atoms with van der Waals surface area (Å²) in [5, 5.41) is 1.51. The summed E-state index contributed by atoms with van der Waals surface area (Å²) in [6.45, 7) is 5.84. The number of thioether (sulfide) groups is 1. The highest BCUT2D eigenvalue weighted by Crippen LogP contribution is 2.40. The Morgan fingerprint density at radius 3 is 2.26 bits per heavy atom. The van der Waals surface area contributed by atoms with E-state index in [1.165, 1.54) is 34.9 Å². The smallest absolute Gasteiger partial charge is 0.339 e. The van der Waals surface area contributed by atoms with Crippen molar-refractivity contribution >= 4 is 73.6 Å². The van der Waals surface area contributed by atoms with E-state index < -0.39 is 10.1 Å². The average Bonchev–Trinajstić information content (AvgIpc) is 3.28. The lowest BCUT2D eigenvalue weighted by Crippen LogP contribution is -2.28. The van der Waals surface area contributed by atoms with Gasteiger partial charge in [-0.25, -0.2) is 4.99 Å². The van der Waals surface area contributed by atoms with Crippen LogP contribution in [0.5, 0.6) is 11.5 Å². The summed E-state index contributed by atoms with van der Waals surface area (Å²) in [6.07, 6.45) is 1.69. The van der Waals surface area contributed by atoms with E-state index in [-0.39, 0.29) is 28.9 Å². The van der Waals surface area contributed by atoms with E-state index in [1.54, 1.807) is 55.5 Å². The number of carbonyl (C=O) groups excluding carboxylic acids is 1. The van der Waals surface area contributed by atoms with Gasteiger partial charge in [0.25, 0.3) is 5.91 Å². The van der Waals surface area contributed by atoms with E-state index in [0.717, 1.165) is 11.1 Å². The van der Waals surface area contributed by atoms with Crippen LogP contribution < -0.4 is 13.8 Å². The molecule has 4 aromatic rings. The molecule has 0 saturated carbocycles. The summed E-state index contributed by atoms with van der Waals surface area (Å²) in [4.78, 5) is 20.5. The highest BCUT2D eigenvalue weighted by molar-refractivity contribution is 8.19. The normalized spacial score (nSPS) is 15.4. The van der Waals surface area contributed by atoms with E-state index >= 15 is 0 Å². The number of nitrogens with zero attached hydrogens (tertiary/aromatic N) is 2. The molecule has 220 valence electrons. The van der Waals surface area contributed by atoms with Crippen LogP contribution in [0.3, 0.4) is 0 Å². The minimum absolute atomic E-state index is 0.0228. The van der Waals surface area contributed by atoms with Gasteiger partial charge in [-0.1, -0.05) is 59.6 Å². The number of halogens is 2. The maximum Gasteiger partial charge on any atom is 0.339 e. The molecule has 1 amide bonds. The van der Waals surface area contributed by atoms with E-state index in [0.29, 0.717) is 37.1 Å². The van der Waals surface area contributed by atoms with Gasteiger partial charge in [0.2, 0.25) is 0 Å². The van der Waals surface area contributed by atoms with Crippen molar-refractivity contribution in [2.45, 2.75) is 25.7 Å². The number of rotatable bonds is 8. The summed E-state index contributed by atoms with van der Waals surface area (Å²) in [5.41, 5.74) is 3.56. The molecule has 11 heteroatoms. The summed E-state index contributed by atoms with van der Waals surface area (Å²) in [6, 6.07) is 23.5. The van der Waals surface area contributed by atoms with Gasteiger partial charge in [0.05, 0.1) is 22.9 Å². The summed E-state index contributed by atoms with van der Waals surface area (Å²) in [7, 11) is -4.08. The fourth-order valence-corrected chi connectivity index (χ4v) is 6.43. The van der Waals surface area contributed by atoms with Crippen LogP contribution >= 0.6 is 35.0 Å². The van der Waals surface area contributed by atoms with Crippen LogP contribution in [-0.4, -0.2) is 26.1 Å². The first-order chi connectivity index (χ1) is 20.6. The Balaban J connectivity index is 1.52. The molecule has 0 unspecified atom stereocenters. The molecular weight excluding hydrogens is 627 g/mol. The molecule has 1 aliphatic heterocycles. The van der Waals surface area contributed by atoms with Crippen molar-refractivity contribution in [2.75, 3.05) is 11.5 Å². The lowest BCUT2D eigenvalue weighted by atomic mass is 10.1. The molecule has 0 spiro atoms. The van der Waals surface area contributed by atoms with E-state index in [4.69, 9.17) is 37.1 Å². The van der Waals surface area contributed by atoms with Gasteiger partial charge in [0, 0.05) is 10.0 Å². The second-order valence-electron chi connectivity index (χ2n) is 9.50. The number of hydrogen-bond acceptors (Lipinski definition) is 7. The molecule has 4 aromatic carbocycles. The topological polar surface area (TPSA) is 85.3 Å². The predicted octanol–water partition coefficient (Wildman–Crippen LogP) is 8.59. The molecule has 0 radical (unpaired) electrons. The lowest BCUT2D eigenvalue weighted by Gasteiger charge is -2.16. The van der Waals surface area contributed by atoms with E-state index in [1.807, 2.05) is 38.1 Å². The number of aliphatic imine (C=N–C) groups is 1. The highest BCUT2D eigenvalue weighted by atomic mass is 35.5. The molecule has 0 aromatic heterocycles. The van der Waals surface area contributed by atoms with Gasteiger partial charge in [-0.15, -0.1) is 0 Å². The quantitative estimate of drug-likeness (QED) is 0.140. The van der Waals surface area contributed by atoms with Crippen molar-refractivity contribution in [3.8, 4) is 11.5 Å². The molecule has 1 fully saturated rings. The SMILES string of the molecule is CCOc1cc(/C=C2/SC(=Nc3ccc(C)c(Cl)c3)N(c3ccc(C)c(Cl)c3)C2=O)ccc1OS(=O)(=O)c1ccccc1. The van der Waals surface area contributed by atoms with Crippen LogP contribution in [0.15, 0.2) is 99.7 Å². The van der Waals surface area contributed by atoms with Crippen LogP contribution in [0.25, 0.3) is 6.08 Å². The first-order valence-electron chi connectivity index (χ1n) is 13.2. The Hall–Kier alpha value is -3.76. The van der Waals surface area contributed by atoms with Crippen molar-refractivity contribution in [1.29, 1.82) is 0 Å². The molecule has 0 N–H and O–H groups in total. The van der Waals surface area contributed by atoms with Crippen molar-refractivity contribution in [1.82, 2.24) is 0 Å². The molecule has 7 nitrogen and oxygen atoms in total. The van der Waals surface area contributed by atoms with Crippen LogP contribution in [-0.2, 0) is 14.9 Å². The summed E-state index contributed by atoms with van der Waals surface area (Å²) >= 11 is 13.9. The number of anilines is 1. The molecule has 0 atom stereocenters. The highest BCUT2D eigenvalue weighted by Gasteiger charge is 2.35. The molecule has 0 aliphatic carbocycles. The van der Waals surface area contributed by atoms with Crippen molar-refractivity contribution in [2.24, 2.45) is 4.99 Å². The van der Waals surface area contributed by atoms with Crippen molar-refractivity contribution < 1.29 is 22.1 Å². The number of aryl methyl sites for hydroxylation is 2. The number of hydrogen-bond donors (Lipinski definition) is 0. The van der Waals surface area contributed by atoms with Crippen LogP contribution in [0.4, 0.5) is 11.4 Å². The average molecular weight is 654 g/mol. The maximum absolute atomic E-state index is 13.8. The summed E-state index contributed by atoms with van der Waals surface area (Å²) < 4.78 is 36.8. The maximum atomic E-state index is 13.8. The van der Waals surface area contributed by atoms with Gasteiger partial charge in [-0.3, -0.25) is 9.69 Å². The third-order valence-corrected chi connectivity index (χ3v) is 9.43. The minimum Gasteiger partial charge on any atom is -0.490 e. The van der Waals surface area contributed by atoms with Crippen LogP contribution in [0.1, 0.15) is 23.6 Å². The van der Waals surface area contributed by atoms with Crippen molar-refractivity contribution in [3.63, 3.8) is 0 Å². The first kappa shape index (κ1) is 30.7. The third kappa shape index (κ3) is 6.91. The Kier molecular flexibility index (Phi) is 9.17. The van der Waals surface area contributed by atoms with Gasteiger partial charge in [-0.2, -0.15) is 8.42 Å². The number of carbonyl (C=O) groups is 1. The van der Waals surface area contributed by atoms with E-state index in [9.17, 15) is 13.2 Å². The summed E-state index contributed by atoms with van der Waals surface area (Å²) in [5.74, 6) is -0.0448. The largest absolute Gasteiger partial charge is 0.490 e. The molecule has 1 aliphatic rings. The first-order valence-corrected chi connectivity index (χ1v) is 16.1. The Morgan fingerprint density at radius 1 is 0.884 bits per heavy atom. The minimum atomic E-state index is -4.08. The van der Waals surface area contributed by atoms with Gasteiger partial charge < -0.3 is 8.92 Å². The fraction of sp³-hybridized carbons (Fsp3) is 0.125. The van der Waals surface area contributed by atoms with Gasteiger partial charge in [0.1, 0.15) is 4.90 Å². The number of amidine groups is 1. The monoisotopic (exact) mass is 652 g/mol.